The molecule has 1 aromatic rings. The number of rotatable bonds is 35. The molecule has 0 aliphatic rings. The van der Waals surface area contributed by atoms with Gasteiger partial charge in [0.1, 0.15) is 4.90 Å². The molecule has 0 aromatic heterocycles. The zero-order valence-electron chi connectivity index (χ0n) is 33.1. The van der Waals surface area contributed by atoms with Crippen molar-refractivity contribution in [1.29, 1.82) is 0 Å². The normalized spacial score (nSPS) is 11.9. The van der Waals surface area contributed by atoms with Crippen LogP contribution in [0.1, 0.15) is 214 Å². The summed E-state index contributed by atoms with van der Waals surface area (Å²) in [6.45, 7) is 4.61. The van der Waals surface area contributed by atoms with Gasteiger partial charge in [-0.15, -0.1) is 0 Å². The molecule has 0 unspecified atom stereocenters. The molecule has 7 nitrogen and oxygen atoms in total. The average Bonchev–Trinajstić information content (AvgIpc) is 3.13. The molecule has 0 saturated carbocycles. The van der Waals surface area contributed by atoms with Gasteiger partial charge in [-0.1, -0.05) is 185 Å². The molecular weight excluding hydrogens is 673 g/mol. The van der Waals surface area contributed by atoms with Crippen LogP contribution in [0, 0.1) is 0 Å². The van der Waals surface area contributed by atoms with Gasteiger partial charge in [-0.2, -0.15) is 8.42 Å². The fourth-order valence-corrected chi connectivity index (χ4v) is 7.10. The van der Waals surface area contributed by atoms with Crippen molar-refractivity contribution in [3.05, 3.63) is 53.6 Å². The van der Waals surface area contributed by atoms with Gasteiger partial charge in [0, 0.05) is 0 Å². The zero-order chi connectivity index (χ0) is 38.0. The van der Waals surface area contributed by atoms with Crippen LogP contribution in [0.4, 0.5) is 0 Å². The Labute approximate surface area is 318 Å². The van der Waals surface area contributed by atoms with Crippen LogP contribution in [0.2, 0.25) is 0 Å². The minimum atomic E-state index is -4.78. The highest BCUT2D eigenvalue weighted by atomic mass is 32.2. The number of carbonyl (C=O) groups excluding carboxylic acids is 2. The molecule has 0 aliphatic carbocycles. The van der Waals surface area contributed by atoms with Gasteiger partial charge in [0.15, 0.2) is 0 Å². The van der Waals surface area contributed by atoms with Crippen molar-refractivity contribution in [2.75, 3.05) is 13.2 Å². The number of hydrogen-bond donors (Lipinski definition) is 1. The molecule has 298 valence electrons. The third-order valence-corrected chi connectivity index (χ3v) is 10.4. The van der Waals surface area contributed by atoms with E-state index in [1.54, 1.807) is 0 Å². The summed E-state index contributed by atoms with van der Waals surface area (Å²) in [4.78, 5) is 25.2. The molecule has 0 amide bonds. The fraction of sp³-hybridized carbons (Fsp3) is 0.727. The Balaban J connectivity index is 2.31. The van der Waals surface area contributed by atoms with Crippen LogP contribution in [0.5, 0.6) is 0 Å². The maximum atomic E-state index is 13.0. The maximum absolute atomic E-state index is 13.0. The molecule has 0 spiro atoms. The lowest BCUT2D eigenvalue weighted by molar-refractivity contribution is 0.0460. The maximum Gasteiger partial charge on any atom is 0.340 e. The van der Waals surface area contributed by atoms with E-state index in [9.17, 15) is 22.6 Å². The smallest absolute Gasteiger partial charge is 0.340 e. The summed E-state index contributed by atoms with van der Waals surface area (Å²) in [6, 6.07) is 3.69. The van der Waals surface area contributed by atoms with Crippen molar-refractivity contribution < 1.29 is 32.0 Å². The monoisotopic (exact) mass is 747 g/mol. The first-order chi connectivity index (χ1) is 25.3. The van der Waals surface area contributed by atoms with E-state index >= 15 is 0 Å². The lowest BCUT2D eigenvalue weighted by Gasteiger charge is -2.12. The van der Waals surface area contributed by atoms with Gasteiger partial charge in [0.2, 0.25) is 0 Å². The van der Waals surface area contributed by atoms with Crippen LogP contribution in [-0.2, 0) is 19.6 Å². The van der Waals surface area contributed by atoms with Crippen molar-refractivity contribution in [3.8, 4) is 0 Å². The molecule has 8 heteroatoms. The summed E-state index contributed by atoms with van der Waals surface area (Å²) in [5, 5.41) is 0. The SMILES string of the molecule is CCCCCCCCCCCCCC/C=C/CCOC(=O)c1cccc(S(=O)(=O)O)c1C(=O)OCC/C=C/CCCCCCCCCCCCCC. The molecule has 0 bridgehead atoms. The zero-order valence-corrected chi connectivity index (χ0v) is 33.9. The molecule has 0 saturated heterocycles. The predicted molar refractivity (Wildman–Crippen MR) is 216 cm³/mol. The molecular formula is C44H74O7S. The second-order valence-electron chi connectivity index (χ2n) is 14.3. The van der Waals surface area contributed by atoms with E-state index in [1.807, 2.05) is 12.2 Å². The first-order valence-corrected chi connectivity index (χ1v) is 22.5. The van der Waals surface area contributed by atoms with E-state index in [2.05, 4.69) is 26.0 Å². The Morgan fingerprint density at radius 3 is 1.25 bits per heavy atom. The van der Waals surface area contributed by atoms with E-state index in [-0.39, 0.29) is 18.8 Å². The van der Waals surface area contributed by atoms with Crippen molar-refractivity contribution >= 4 is 22.1 Å². The number of esters is 2. The van der Waals surface area contributed by atoms with E-state index in [4.69, 9.17) is 9.47 Å². The van der Waals surface area contributed by atoms with E-state index in [0.717, 1.165) is 31.7 Å². The summed E-state index contributed by atoms with van der Waals surface area (Å²) in [5.74, 6) is -1.83. The summed E-state index contributed by atoms with van der Waals surface area (Å²) in [6.07, 6.45) is 42.5. The first kappa shape index (κ1) is 47.6. The number of unbranched alkanes of at least 4 members (excludes halogenated alkanes) is 24. The van der Waals surface area contributed by atoms with Crippen molar-refractivity contribution in [1.82, 2.24) is 0 Å². The highest BCUT2D eigenvalue weighted by Gasteiger charge is 2.28. The average molecular weight is 747 g/mol. The molecule has 0 atom stereocenters. The van der Waals surface area contributed by atoms with Crippen LogP contribution in [0.3, 0.4) is 0 Å². The number of benzene rings is 1. The molecule has 0 aliphatic heterocycles. The predicted octanol–water partition coefficient (Wildman–Crippen LogP) is 13.3. The van der Waals surface area contributed by atoms with Crippen LogP contribution in [0.25, 0.3) is 0 Å². The molecule has 0 heterocycles. The largest absolute Gasteiger partial charge is 0.462 e. The topological polar surface area (TPSA) is 107 Å². The molecule has 0 radical (unpaired) electrons. The van der Waals surface area contributed by atoms with Gasteiger partial charge in [0.25, 0.3) is 10.1 Å². The Bertz CT molecular complexity index is 1200. The number of allylic oxidation sites excluding steroid dienone is 2. The third-order valence-electron chi connectivity index (χ3n) is 9.55. The van der Waals surface area contributed by atoms with Gasteiger partial charge >= 0.3 is 11.9 Å². The van der Waals surface area contributed by atoms with E-state index in [0.29, 0.717) is 12.8 Å². The van der Waals surface area contributed by atoms with Crippen LogP contribution in [-0.4, -0.2) is 38.1 Å². The van der Waals surface area contributed by atoms with Gasteiger partial charge in [0.05, 0.1) is 24.3 Å². The fourth-order valence-electron chi connectivity index (χ4n) is 6.39. The lowest BCUT2D eigenvalue weighted by atomic mass is 10.0. The molecule has 0 fully saturated rings. The molecule has 1 aromatic carbocycles. The van der Waals surface area contributed by atoms with Gasteiger partial charge < -0.3 is 9.47 Å². The summed E-state index contributed by atoms with van der Waals surface area (Å²) < 4.78 is 44.6. The first-order valence-electron chi connectivity index (χ1n) is 21.1. The second kappa shape index (κ2) is 33.1. The van der Waals surface area contributed by atoms with Crippen molar-refractivity contribution in [2.45, 2.75) is 199 Å². The molecule has 1 rings (SSSR count). The minimum Gasteiger partial charge on any atom is -0.462 e. The van der Waals surface area contributed by atoms with Gasteiger partial charge in [-0.05, 0) is 50.7 Å². The standard InChI is InChI=1S/C44H74O7S/c1-3-5-7-9-11-13-15-17-19-21-23-25-27-29-31-33-38-50-43(45)40-36-35-37-41(52(47,48)49)42(40)44(46)51-39-34-32-30-28-26-24-22-20-18-16-14-12-10-8-6-4-2/h29-32,35-37H,3-28,33-34,38-39H2,1-2H3,(H,47,48,49)/b31-29+,32-30+. The summed E-state index contributed by atoms with van der Waals surface area (Å²) in [5.41, 5.74) is -0.749. The van der Waals surface area contributed by atoms with Gasteiger partial charge in [-0.3, -0.25) is 4.55 Å². The van der Waals surface area contributed by atoms with Crippen LogP contribution in [0.15, 0.2) is 47.4 Å². The van der Waals surface area contributed by atoms with Crippen molar-refractivity contribution in [3.63, 3.8) is 0 Å². The van der Waals surface area contributed by atoms with Gasteiger partial charge in [-0.25, -0.2) is 9.59 Å². The Kier molecular flexibility index (Phi) is 30.3. The Morgan fingerprint density at radius 1 is 0.519 bits per heavy atom. The highest BCUT2D eigenvalue weighted by molar-refractivity contribution is 7.86. The minimum absolute atomic E-state index is 0.0199. The number of carbonyl (C=O) groups is 2. The lowest BCUT2D eigenvalue weighted by Crippen LogP contribution is -2.19. The second-order valence-corrected chi connectivity index (χ2v) is 15.7. The van der Waals surface area contributed by atoms with E-state index < -0.39 is 32.5 Å². The van der Waals surface area contributed by atoms with Crippen LogP contribution >= 0.6 is 0 Å². The Morgan fingerprint density at radius 2 is 0.865 bits per heavy atom. The summed E-state index contributed by atoms with van der Waals surface area (Å²) in [7, 11) is -4.78. The number of hydrogen-bond acceptors (Lipinski definition) is 6. The van der Waals surface area contributed by atoms with Crippen molar-refractivity contribution in [2.24, 2.45) is 0 Å². The Hall–Kier alpha value is -2.45. The molecule has 1 N–H and O–H groups in total. The quantitative estimate of drug-likeness (QED) is 0.0319. The third kappa shape index (κ3) is 25.5. The summed E-state index contributed by atoms with van der Waals surface area (Å²) >= 11 is 0. The number of ether oxygens (including phenoxy) is 2. The van der Waals surface area contributed by atoms with E-state index in [1.165, 1.54) is 153 Å². The highest BCUT2D eigenvalue weighted by Crippen LogP contribution is 2.23. The molecule has 52 heavy (non-hydrogen) atoms. The van der Waals surface area contributed by atoms with Crippen LogP contribution < -0.4 is 0 Å².